The third kappa shape index (κ3) is 4.15. The van der Waals surface area contributed by atoms with Crippen molar-refractivity contribution in [1.29, 1.82) is 0 Å². The molecule has 29 heavy (non-hydrogen) atoms. The maximum atomic E-state index is 13.3. The highest BCUT2D eigenvalue weighted by Crippen LogP contribution is 2.38. The summed E-state index contributed by atoms with van der Waals surface area (Å²) < 4.78 is 4.70. The summed E-state index contributed by atoms with van der Waals surface area (Å²) in [5.41, 5.74) is 0.260. The van der Waals surface area contributed by atoms with Crippen molar-refractivity contribution >= 4 is 17.9 Å². The van der Waals surface area contributed by atoms with Crippen LogP contribution in [0, 0.1) is 0 Å². The molecule has 1 unspecified atom stereocenters. The number of nitrogens with zero attached hydrogens (tertiary/aromatic N) is 3. The summed E-state index contributed by atoms with van der Waals surface area (Å²) in [6, 6.07) is 10.0. The van der Waals surface area contributed by atoms with Gasteiger partial charge in [0.2, 0.25) is 0 Å². The molecule has 0 radical (unpaired) electrons. The average Bonchev–Trinajstić information content (AvgIpc) is 2.94. The van der Waals surface area contributed by atoms with Crippen LogP contribution in [0.25, 0.3) is 0 Å². The number of hydrogen-bond donors (Lipinski definition) is 0. The number of esters is 1. The minimum Gasteiger partial charge on any atom is -0.468 e. The Morgan fingerprint density at radius 3 is 2.41 bits per heavy atom. The Morgan fingerprint density at radius 1 is 1.17 bits per heavy atom. The highest BCUT2D eigenvalue weighted by atomic mass is 16.5. The van der Waals surface area contributed by atoms with E-state index in [1.165, 1.54) is 7.11 Å². The fourth-order valence-electron chi connectivity index (χ4n) is 4.39. The molecule has 0 N–H and O–H groups in total. The van der Waals surface area contributed by atoms with Crippen LogP contribution in [0.1, 0.15) is 38.7 Å². The summed E-state index contributed by atoms with van der Waals surface area (Å²) in [6.45, 7) is 6.01. The molecule has 2 fully saturated rings. The Balaban J connectivity index is 1.82. The van der Waals surface area contributed by atoms with Gasteiger partial charge in [-0.05, 0) is 38.2 Å². The molecular weight excluding hydrogens is 370 g/mol. The molecule has 3 amide bonds. The Labute approximate surface area is 172 Å². The first-order valence-electron chi connectivity index (χ1n) is 10.4. The van der Waals surface area contributed by atoms with E-state index in [9.17, 15) is 14.4 Å². The molecule has 0 aromatic heterocycles. The van der Waals surface area contributed by atoms with Gasteiger partial charge >= 0.3 is 12.0 Å². The van der Waals surface area contributed by atoms with Gasteiger partial charge in [-0.15, -0.1) is 0 Å². The largest absolute Gasteiger partial charge is 0.468 e. The second kappa shape index (κ2) is 8.95. The Bertz CT molecular complexity index is 744. The molecule has 0 bridgehead atoms. The molecule has 7 heteroatoms. The van der Waals surface area contributed by atoms with Crippen molar-refractivity contribution in [2.75, 3.05) is 33.3 Å². The highest BCUT2D eigenvalue weighted by Gasteiger charge is 2.58. The minimum atomic E-state index is -0.857. The predicted octanol–water partition coefficient (Wildman–Crippen LogP) is 2.30. The van der Waals surface area contributed by atoms with Gasteiger partial charge < -0.3 is 14.5 Å². The normalized spacial score (nSPS) is 20.4. The van der Waals surface area contributed by atoms with Crippen molar-refractivity contribution in [1.82, 2.24) is 14.7 Å². The summed E-state index contributed by atoms with van der Waals surface area (Å²) >= 11 is 0. The lowest BCUT2D eigenvalue weighted by atomic mass is 9.85. The van der Waals surface area contributed by atoms with E-state index in [1.807, 2.05) is 30.3 Å². The zero-order valence-corrected chi connectivity index (χ0v) is 17.6. The van der Waals surface area contributed by atoms with Crippen LogP contribution >= 0.6 is 0 Å². The van der Waals surface area contributed by atoms with Crippen LogP contribution in [0.5, 0.6) is 0 Å². The number of ether oxygens (including phenoxy) is 1. The first kappa shape index (κ1) is 21.3. The van der Waals surface area contributed by atoms with Crippen molar-refractivity contribution in [3.63, 3.8) is 0 Å². The molecule has 2 saturated heterocycles. The zero-order valence-electron chi connectivity index (χ0n) is 17.6. The van der Waals surface area contributed by atoms with E-state index in [0.29, 0.717) is 31.8 Å². The highest BCUT2D eigenvalue weighted by molar-refractivity contribution is 6.08. The van der Waals surface area contributed by atoms with Crippen LogP contribution in [-0.4, -0.2) is 77.5 Å². The van der Waals surface area contributed by atoms with E-state index < -0.39 is 11.5 Å². The minimum absolute atomic E-state index is 0.259. The number of carbonyl (C=O) groups excluding carboxylic acids is 3. The number of piperidine rings is 1. The number of rotatable bonds is 7. The van der Waals surface area contributed by atoms with Crippen LogP contribution in [0.4, 0.5) is 4.79 Å². The average molecular weight is 402 g/mol. The van der Waals surface area contributed by atoms with E-state index >= 15 is 0 Å². The monoisotopic (exact) mass is 401 g/mol. The lowest BCUT2D eigenvalue weighted by molar-refractivity contribution is -0.146. The molecule has 1 atom stereocenters. The van der Waals surface area contributed by atoms with Crippen molar-refractivity contribution < 1.29 is 19.1 Å². The third-order valence-electron chi connectivity index (χ3n) is 6.44. The summed E-state index contributed by atoms with van der Waals surface area (Å²) in [5, 5.41) is 0. The van der Waals surface area contributed by atoms with Crippen molar-refractivity contribution in [2.45, 2.75) is 51.1 Å². The Morgan fingerprint density at radius 2 is 1.83 bits per heavy atom. The van der Waals surface area contributed by atoms with Crippen LogP contribution in [0.15, 0.2) is 30.3 Å². The molecule has 1 spiro atoms. The van der Waals surface area contributed by atoms with Gasteiger partial charge in [-0.1, -0.05) is 37.3 Å². The van der Waals surface area contributed by atoms with Crippen molar-refractivity contribution in [2.24, 2.45) is 0 Å². The molecule has 2 heterocycles. The number of amides is 3. The Kier molecular flexibility index (Phi) is 6.57. The topological polar surface area (TPSA) is 70.2 Å². The van der Waals surface area contributed by atoms with Crippen LogP contribution in [0.3, 0.4) is 0 Å². The fraction of sp³-hybridized carbons (Fsp3) is 0.591. The van der Waals surface area contributed by atoms with E-state index in [4.69, 9.17) is 4.74 Å². The summed E-state index contributed by atoms with van der Waals surface area (Å²) in [6.07, 6.45) is 2.90. The standard InChI is InChI=1S/C22H31N3O4/c1-4-17(2)23-14-11-22(12-15-23)20(27)24(16-19(26)29-3)21(28)25(22)13-10-18-8-6-5-7-9-18/h5-9,17H,4,10-16H2,1-3H3. The molecular formula is C22H31N3O4. The van der Waals surface area contributed by atoms with Gasteiger partial charge in [0.1, 0.15) is 12.1 Å². The van der Waals surface area contributed by atoms with Gasteiger partial charge in [0.05, 0.1) is 7.11 Å². The van der Waals surface area contributed by atoms with E-state index in [2.05, 4.69) is 18.7 Å². The number of imide groups is 1. The van der Waals surface area contributed by atoms with Gasteiger partial charge in [-0.25, -0.2) is 4.79 Å². The molecule has 7 nitrogen and oxygen atoms in total. The van der Waals surface area contributed by atoms with Gasteiger partial charge in [0.25, 0.3) is 5.91 Å². The molecule has 0 saturated carbocycles. The SMILES string of the molecule is CCC(C)N1CCC2(CC1)C(=O)N(CC(=O)OC)C(=O)N2CCc1ccccc1. The molecule has 1 aromatic carbocycles. The van der Waals surface area contributed by atoms with E-state index in [0.717, 1.165) is 30.0 Å². The molecule has 158 valence electrons. The van der Waals surface area contributed by atoms with Crippen LogP contribution in [-0.2, 0) is 20.7 Å². The lowest BCUT2D eigenvalue weighted by Gasteiger charge is -2.44. The first-order chi connectivity index (χ1) is 13.9. The zero-order chi connectivity index (χ0) is 21.0. The van der Waals surface area contributed by atoms with Gasteiger partial charge in [0.15, 0.2) is 0 Å². The summed E-state index contributed by atoms with van der Waals surface area (Å²) in [5.74, 6) is -0.839. The molecule has 1 aromatic rings. The number of likely N-dealkylation sites (tertiary alicyclic amines) is 1. The number of hydrogen-bond acceptors (Lipinski definition) is 5. The second-order valence-corrected chi connectivity index (χ2v) is 7.96. The number of benzene rings is 1. The molecule has 2 aliphatic heterocycles. The Hall–Kier alpha value is -2.41. The predicted molar refractivity (Wildman–Crippen MR) is 109 cm³/mol. The summed E-state index contributed by atoms with van der Waals surface area (Å²) in [4.78, 5) is 43.5. The smallest absolute Gasteiger partial charge is 0.328 e. The maximum absolute atomic E-state index is 13.3. The maximum Gasteiger partial charge on any atom is 0.328 e. The van der Waals surface area contributed by atoms with Crippen LogP contribution < -0.4 is 0 Å². The van der Waals surface area contributed by atoms with E-state index in [1.54, 1.807) is 4.90 Å². The lowest BCUT2D eigenvalue weighted by Crippen LogP contribution is -2.58. The van der Waals surface area contributed by atoms with Gasteiger partial charge in [-0.2, -0.15) is 0 Å². The number of carbonyl (C=O) groups is 3. The number of urea groups is 1. The van der Waals surface area contributed by atoms with E-state index in [-0.39, 0.29) is 18.5 Å². The van der Waals surface area contributed by atoms with Crippen molar-refractivity contribution in [3.05, 3.63) is 35.9 Å². The molecule has 2 aliphatic rings. The van der Waals surface area contributed by atoms with Crippen LogP contribution in [0.2, 0.25) is 0 Å². The second-order valence-electron chi connectivity index (χ2n) is 7.96. The quantitative estimate of drug-likeness (QED) is 0.518. The fourth-order valence-corrected chi connectivity index (χ4v) is 4.39. The first-order valence-corrected chi connectivity index (χ1v) is 10.4. The van der Waals surface area contributed by atoms with Gasteiger partial charge in [-0.3, -0.25) is 14.5 Å². The number of methoxy groups -OCH3 is 1. The van der Waals surface area contributed by atoms with Crippen molar-refractivity contribution in [3.8, 4) is 0 Å². The third-order valence-corrected chi connectivity index (χ3v) is 6.44. The molecule has 3 rings (SSSR count). The van der Waals surface area contributed by atoms with Gasteiger partial charge in [0, 0.05) is 25.7 Å². The summed E-state index contributed by atoms with van der Waals surface area (Å²) in [7, 11) is 1.26. The molecule has 0 aliphatic carbocycles.